The van der Waals surface area contributed by atoms with Crippen molar-refractivity contribution in [1.29, 1.82) is 5.41 Å². The second-order valence-corrected chi connectivity index (χ2v) is 9.63. The second kappa shape index (κ2) is 14.2. The second-order valence-electron chi connectivity index (χ2n) is 9.63. The molecular weight excluding hydrogens is 392 g/mol. The highest BCUT2D eigenvalue weighted by Crippen LogP contribution is 2.30. The zero-order valence-corrected chi connectivity index (χ0v) is 21.3. The Hall–Kier alpha value is -2.03. The summed E-state index contributed by atoms with van der Waals surface area (Å²) in [6.07, 6.45) is 13.3. The SMILES string of the molecule is CCCCCCCCCCCCOc1ccc(C(=N)N(C(C)C)C(C)C)c2ccccc12. The smallest absolute Gasteiger partial charge is 0.129 e. The zero-order chi connectivity index (χ0) is 23.3. The van der Waals surface area contributed by atoms with Crippen LogP contribution in [0.5, 0.6) is 5.75 Å². The molecule has 1 N–H and O–H groups in total. The van der Waals surface area contributed by atoms with Crippen molar-refractivity contribution in [2.24, 2.45) is 0 Å². The summed E-state index contributed by atoms with van der Waals surface area (Å²) in [6.45, 7) is 11.7. The average Bonchev–Trinajstić information content (AvgIpc) is 2.76. The highest BCUT2D eigenvalue weighted by atomic mass is 16.5. The lowest BCUT2D eigenvalue weighted by atomic mass is 10.0. The van der Waals surface area contributed by atoms with Gasteiger partial charge in [0.1, 0.15) is 11.6 Å². The highest BCUT2D eigenvalue weighted by molar-refractivity contribution is 6.09. The Morgan fingerprint density at radius 3 is 1.84 bits per heavy atom. The topological polar surface area (TPSA) is 36.3 Å². The largest absolute Gasteiger partial charge is 0.493 e. The lowest BCUT2D eigenvalue weighted by Crippen LogP contribution is -2.42. The first-order valence-corrected chi connectivity index (χ1v) is 13.0. The summed E-state index contributed by atoms with van der Waals surface area (Å²) in [6, 6.07) is 13.0. The van der Waals surface area contributed by atoms with E-state index < -0.39 is 0 Å². The van der Waals surface area contributed by atoms with Crippen molar-refractivity contribution in [3.8, 4) is 5.75 Å². The molecule has 3 nitrogen and oxygen atoms in total. The van der Waals surface area contributed by atoms with Crippen LogP contribution in [0.2, 0.25) is 0 Å². The van der Waals surface area contributed by atoms with Crippen molar-refractivity contribution < 1.29 is 4.74 Å². The number of nitrogens with zero attached hydrogens (tertiary/aromatic N) is 1. The van der Waals surface area contributed by atoms with E-state index in [0.717, 1.165) is 35.1 Å². The summed E-state index contributed by atoms with van der Waals surface area (Å²) in [5.74, 6) is 1.53. The van der Waals surface area contributed by atoms with Gasteiger partial charge in [0.25, 0.3) is 0 Å². The molecule has 0 heterocycles. The normalized spacial score (nSPS) is 11.5. The van der Waals surface area contributed by atoms with Gasteiger partial charge in [-0.3, -0.25) is 5.41 Å². The van der Waals surface area contributed by atoms with Crippen LogP contribution < -0.4 is 4.74 Å². The average molecular weight is 439 g/mol. The van der Waals surface area contributed by atoms with Crippen molar-refractivity contribution >= 4 is 16.6 Å². The molecule has 3 heteroatoms. The molecule has 0 bridgehead atoms. The van der Waals surface area contributed by atoms with Gasteiger partial charge >= 0.3 is 0 Å². The first kappa shape index (κ1) is 26.2. The minimum Gasteiger partial charge on any atom is -0.493 e. The summed E-state index contributed by atoms with van der Waals surface area (Å²) in [7, 11) is 0. The fourth-order valence-corrected chi connectivity index (χ4v) is 4.63. The fraction of sp³-hybridized carbons (Fsp3) is 0.621. The molecule has 0 spiro atoms. The predicted octanol–water partition coefficient (Wildman–Crippen LogP) is 8.58. The number of hydrogen-bond donors (Lipinski definition) is 1. The maximum atomic E-state index is 8.88. The molecule has 0 amide bonds. The molecule has 2 aromatic carbocycles. The summed E-state index contributed by atoms with van der Waals surface area (Å²) < 4.78 is 6.20. The van der Waals surface area contributed by atoms with E-state index in [1.54, 1.807) is 0 Å². The lowest BCUT2D eigenvalue weighted by molar-refractivity contribution is 0.291. The Morgan fingerprint density at radius 2 is 1.28 bits per heavy atom. The van der Waals surface area contributed by atoms with Gasteiger partial charge in [-0.25, -0.2) is 0 Å². The Kier molecular flexibility index (Phi) is 11.6. The molecule has 178 valence electrons. The molecule has 0 saturated carbocycles. The number of fused-ring (bicyclic) bond motifs is 1. The van der Waals surface area contributed by atoms with Crippen molar-refractivity contribution in [3.05, 3.63) is 42.0 Å². The van der Waals surface area contributed by atoms with Gasteiger partial charge in [-0.15, -0.1) is 0 Å². The molecule has 0 aliphatic rings. The van der Waals surface area contributed by atoms with Crippen LogP contribution in [0.4, 0.5) is 0 Å². The molecule has 0 aliphatic heterocycles. The third-order valence-electron chi connectivity index (χ3n) is 6.27. The number of benzene rings is 2. The minimum absolute atomic E-state index is 0.286. The van der Waals surface area contributed by atoms with Gasteiger partial charge in [-0.2, -0.15) is 0 Å². The highest BCUT2D eigenvalue weighted by Gasteiger charge is 2.20. The number of amidine groups is 1. The van der Waals surface area contributed by atoms with E-state index in [0.29, 0.717) is 5.84 Å². The Morgan fingerprint density at radius 1 is 0.750 bits per heavy atom. The number of ether oxygens (including phenoxy) is 1. The van der Waals surface area contributed by atoms with E-state index in [9.17, 15) is 0 Å². The fourth-order valence-electron chi connectivity index (χ4n) is 4.63. The minimum atomic E-state index is 0.286. The quantitative estimate of drug-likeness (QED) is 0.172. The van der Waals surface area contributed by atoms with E-state index in [1.807, 2.05) is 0 Å². The van der Waals surface area contributed by atoms with Crippen molar-refractivity contribution in [2.75, 3.05) is 6.61 Å². The van der Waals surface area contributed by atoms with E-state index in [4.69, 9.17) is 10.1 Å². The first-order valence-electron chi connectivity index (χ1n) is 13.0. The molecular formula is C29H46N2O. The molecule has 0 aromatic heterocycles. The molecule has 0 fully saturated rings. The Labute approximate surface area is 197 Å². The maximum absolute atomic E-state index is 8.88. The van der Waals surface area contributed by atoms with Gasteiger partial charge in [0.2, 0.25) is 0 Å². The van der Waals surface area contributed by atoms with E-state index in [2.05, 4.69) is 75.9 Å². The molecule has 0 radical (unpaired) electrons. The van der Waals surface area contributed by atoms with E-state index in [1.165, 1.54) is 57.8 Å². The van der Waals surface area contributed by atoms with Gasteiger partial charge in [0.05, 0.1) is 6.61 Å². The number of hydrogen-bond acceptors (Lipinski definition) is 2. The predicted molar refractivity (Wildman–Crippen MR) is 140 cm³/mol. The monoisotopic (exact) mass is 438 g/mol. The maximum Gasteiger partial charge on any atom is 0.129 e. The first-order chi connectivity index (χ1) is 15.5. The molecule has 0 saturated heterocycles. The summed E-state index contributed by atoms with van der Waals surface area (Å²) in [5, 5.41) is 11.1. The van der Waals surface area contributed by atoms with Crippen LogP contribution in [0.1, 0.15) is 104 Å². The zero-order valence-electron chi connectivity index (χ0n) is 21.3. The van der Waals surface area contributed by atoms with E-state index >= 15 is 0 Å². The summed E-state index contributed by atoms with van der Waals surface area (Å²) in [4.78, 5) is 2.17. The van der Waals surface area contributed by atoms with Crippen LogP contribution in [0.25, 0.3) is 10.8 Å². The van der Waals surface area contributed by atoms with Crippen molar-refractivity contribution in [2.45, 2.75) is 111 Å². The van der Waals surface area contributed by atoms with Crippen LogP contribution in [0, 0.1) is 5.41 Å². The molecule has 0 atom stereocenters. The molecule has 2 rings (SSSR count). The van der Waals surface area contributed by atoms with Crippen LogP contribution in [-0.2, 0) is 0 Å². The van der Waals surface area contributed by atoms with Crippen LogP contribution in [-0.4, -0.2) is 29.4 Å². The van der Waals surface area contributed by atoms with Gasteiger partial charge in [0, 0.05) is 23.0 Å². The standard InChI is InChI=1S/C29H46N2O/c1-6-7-8-9-10-11-12-13-14-17-22-32-28-21-20-27(25-18-15-16-19-26(25)28)29(30)31(23(2)3)24(4)5/h15-16,18-21,23-24,30H,6-14,17,22H2,1-5H3. The van der Waals surface area contributed by atoms with Gasteiger partial charge in [-0.1, -0.05) is 89.0 Å². The third kappa shape index (κ3) is 7.83. The Balaban J connectivity index is 1.89. The summed E-state index contributed by atoms with van der Waals surface area (Å²) >= 11 is 0. The molecule has 0 unspecified atom stereocenters. The van der Waals surface area contributed by atoms with Crippen LogP contribution in [0.15, 0.2) is 36.4 Å². The van der Waals surface area contributed by atoms with Crippen LogP contribution >= 0.6 is 0 Å². The number of rotatable bonds is 15. The van der Waals surface area contributed by atoms with Gasteiger partial charge in [-0.05, 0) is 51.6 Å². The van der Waals surface area contributed by atoms with Gasteiger partial charge in [0.15, 0.2) is 0 Å². The van der Waals surface area contributed by atoms with Crippen LogP contribution in [0.3, 0.4) is 0 Å². The number of unbranched alkanes of at least 4 members (excludes halogenated alkanes) is 9. The molecule has 2 aromatic rings. The number of nitrogens with one attached hydrogen (secondary N) is 1. The molecule has 0 aliphatic carbocycles. The van der Waals surface area contributed by atoms with E-state index in [-0.39, 0.29) is 12.1 Å². The molecule has 32 heavy (non-hydrogen) atoms. The third-order valence-corrected chi connectivity index (χ3v) is 6.27. The van der Waals surface area contributed by atoms with Gasteiger partial charge < -0.3 is 9.64 Å². The van der Waals surface area contributed by atoms with Crippen molar-refractivity contribution in [3.63, 3.8) is 0 Å². The Bertz CT molecular complexity index is 804. The lowest BCUT2D eigenvalue weighted by Gasteiger charge is -2.33. The van der Waals surface area contributed by atoms with Crippen molar-refractivity contribution in [1.82, 2.24) is 4.90 Å². The summed E-state index contributed by atoms with van der Waals surface area (Å²) in [5.41, 5.74) is 0.981.